The molecule has 0 radical (unpaired) electrons. The van der Waals surface area contributed by atoms with Crippen molar-refractivity contribution in [3.63, 3.8) is 0 Å². The first-order chi connectivity index (χ1) is 8.21. The van der Waals surface area contributed by atoms with E-state index in [1.807, 2.05) is 20.8 Å². The maximum Gasteiger partial charge on any atom is 0.299 e. The Kier molecular flexibility index (Phi) is 5.01. The highest BCUT2D eigenvalue weighted by Crippen LogP contribution is 2.28. The molecule has 4 N–H and O–H groups in total. The van der Waals surface area contributed by atoms with Crippen LogP contribution in [-0.4, -0.2) is 15.0 Å². The fourth-order valence-electron chi connectivity index (χ4n) is 1.22. The Morgan fingerprint density at radius 1 is 1.39 bits per heavy atom. The van der Waals surface area contributed by atoms with E-state index in [0.717, 1.165) is 5.56 Å². The summed E-state index contributed by atoms with van der Waals surface area (Å²) in [5, 5.41) is 0. The highest BCUT2D eigenvalue weighted by molar-refractivity contribution is 9.10. The van der Waals surface area contributed by atoms with Crippen molar-refractivity contribution in [1.82, 2.24) is 4.72 Å². The number of halogens is 1. The van der Waals surface area contributed by atoms with Crippen molar-refractivity contribution in [2.24, 2.45) is 5.92 Å². The Morgan fingerprint density at radius 2 is 2.00 bits per heavy atom. The van der Waals surface area contributed by atoms with Gasteiger partial charge in [0, 0.05) is 16.7 Å². The van der Waals surface area contributed by atoms with Gasteiger partial charge in [-0.1, -0.05) is 13.8 Å². The molecule has 0 aliphatic rings. The van der Waals surface area contributed by atoms with E-state index in [2.05, 4.69) is 25.4 Å². The smallest absolute Gasteiger partial charge is 0.299 e. The van der Waals surface area contributed by atoms with E-state index < -0.39 is 10.2 Å². The lowest BCUT2D eigenvalue weighted by Crippen LogP contribution is -2.33. The lowest BCUT2D eigenvalue weighted by atomic mass is 10.2. The Balaban J connectivity index is 2.87. The van der Waals surface area contributed by atoms with Crippen LogP contribution in [0.2, 0.25) is 0 Å². The molecule has 0 amide bonds. The summed E-state index contributed by atoms with van der Waals surface area (Å²) in [5.41, 5.74) is 7.61. The summed E-state index contributed by atoms with van der Waals surface area (Å²) in [6, 6.07) is 3.36. The molecule has 0 aliphatic carbocycles. The van der Waals surface area contributed by atoms with Crippen LogP contribution in [0.1, 0.15) is 19.4 Å². The normalized spacial score (nSPS) is 11.8. The molecule has 1 aromatic rings. The van der Waals surface area contributed by atoms with E-state index in [9.17, 15) is 8.42 Å². The Hall–Kier alpha value is -0.790. The van der Waals surface area contributed by atoms with Gasteiger partial charge < -0.3 is 5.73 Å². The third-order valence-electron chi connectivity index (χ3n) is 2.28. The maximum absolute atomic E-state index is 11.8. The molecule has 0 heterocycles. The monoisotopic (exact) mass is 335 g/mol. The predicted molar refractivity (Wildman–Crippen MR) is 78.7 cm³/mol. The fourth-order valence-corrected chi connectivity index (χ4v) is 3.00. The summed E-state index contributed by atoms with van der Waals surface area (Å²) in [4.78, 5) is 0. The summed E-state index contributed by atoms with van der Waals surface area (Å²) in [6.07, 6.45) is 0. The molecule has 18 heavy (non-hydrogen) atoms. The molecule has 0 spiro atoms. The number of rotatable bonds is 5. The van der Waals surface area contributed by atoms with Crippen LogP contribution in [0.4, 0.5) is 11.4 Å². The molecular formula is C11H18BrN3O2S. The molecular weight excluding hydrogens is 318 g/mol. The Bertz CT molecular complexity index is 529. The zero-order valence-electron chi connectivity index (χ0n) is 10.6. The average Bonchev–Trinajstić information content (AvgIpc) is 2.23. The lowest BCUT2D eigenvalue weighted by Gasteiger charge is -2.13. The molecule has 0 atom stereocenters. The van der Waals surface area contributed by atoms with Crippen LogP contribution in [0, 0.1) is 12.8 Å². The van der Waals surface area contributed by atoms with Crippen LogP contribution < -0.4 is 15.2 Å². The first kappa shape index (κ1) is 15.3. The number of benzene rings is 1. The van der Waals surface area contributed by atoms with E-state index >= 15 is 0 Å². The van der Waals surface area contributed by atoms with Gasteiger partial charge in [0.2, 0.25) is 0 Å². The van der Waals surface area contributed by atoms with Gasteiger partial charge in [-0.15, -0.1) is 0 Å². The summed E-state index contributed by atoms with van der Waals surface area (Å²) in [5.74, 6) is 0.244. The van der Waals surface area contributed by atoms with E-state index in [1.165, 1.54) is 0 Å². The minimum Gasteiger partial charge on any atom is -0.398 e. The SMILES string of the molecule is Cc1cc(Br)c(NS(=O)(=O)NCC(C)C)cc1N. The number of hydrogen-bond acceptors (Lipinski definition) is 3. The summed E-state index contributed by atoms with van der Waals surface area (Å²) in [7, 11) is -3.57. The first-order valence-electron chi connectivity index (χ1n) is 5.54. The second-order valence-electron chi connectivity index (χ2n) is 4.54. The van der Waals surface area contributed by atoms with Gasteiger partial charge in [0.1, 0.15) is 0 Å². The Morgan fingerprint density at radius 3 is 2.56 bits per heavy atom. The van der Waals surface area contributed by atoms with Crippen molar-refractivity contribution >= 4 is 37.5 Å². The molecule has 7 heteroatoms. The number of nitrogens with one attached hydrogen (secondary N) is 2. The molecule has 0 saturated heterocycles. The minimum atomic E-state index is -3.57. The molecule has 1 aromatic carbocycles. The van der Waals surface area contributed by atoms with E-state index in [-0.39, 0.29) is 5.92 Å². The van der Waals surface area contributed by atoms with E-state index in [0.29, 0.717) is 22.4 Å². The maximum atomic E-state index is 11.8. The van der Waals surface area contributed by atoms with Crippen molar-refractivity contribution in [1.29, 1.82) is 0 Å². The van der Waals surface area contributed by atoms with Crippen LogP contribution in [0.3, 0.4) is 0 Å². The van der Waals surface area contributed by atoms with Gasteiger partial charge in [0.05, 0.1) is 5.69 Å². The first-order valence-corrected chi connectivity index (χ1v) is 7.82. The minimum absolute atomic E-state index is 0.244. The second kappa shape index (κ2) is 5.90. The zero-order valence-corrected chi connectivity index (χ0v) is 13.0. The molecule has 0 aliphatic heterocycles. The summed E-state index contributed by atoms with van der Waals surface area (Å²) in [6.45, 7) is 6.11. The number of nitrogen functional groups attached to an aromatic ring is 1. The van der Waals surface area contributed by atoms with Crippen molar-refractivity contribution < 1.29 is 8.42 Å². The van der Waals surface area contributed by atoms with Gasteiger partial charge in [0.25, 0.3) is 10.2 Å². The van der Waals surface area contributed by atoms with Crippen LogP contribution in [0.15, 0.2) is 16.6 Å². The number of aryl methyl sites for hydroxylation is 1. The van der Waals surface area contributed by atoms with Gasteiger partial charge in [-0.25, -0.2) is 0 Å². The standard InChI is InChI=1S/C11H18BrN3O2S/c1-7(2)6-14-18(16,17)15-11-5-10(13)8(3)4-9(11)12/h4-5,7,14-15H,6,13H2,1-3H3. The van der Waals surface area contributed by atoms with E-state index in [4.69, 9.17) is 5.73 Å². The van der Waals surface area contributed by atoms with Crippen LogP contribution in [0.5, 0.6) is 0 Å². The highest BCUT2D eigenvalue weighted by atomic mass is 79.9. The highest BCUT2D eigenvalue weighted by Gasteiger charge is 2.13. The summed E-state index contributed by atoms with van der Waals surface area (Å²) < 4.78 is 29.1. The fraction of sp³-hybridized carbons (Fsp3) is 0.455. The van der Waals surface area contributed by atoms with Gasteiger partial charge in [-0.2, -0.15) is 13.1 Å². The van der Waals surface area contributed by atoms with Gasteiger partial charge in [-0.3, -0.25) is 4.72 Å². The number of nitrogens with two attached hydrogens (primary N) is 1. The van der Waals surface area contributed by atoms with Crippen LogP contribution in [0.25, 0.3) is 0 Å². The largest absolute Gasteiger partial charge is 0.398 e. The van der Waals surface area contributed by atoms with Gasteiger partial charge in [0.15, 0.2) is 0 Å². The molecule has 5 nitrogen and oxygen atoms in total. The molecule has 0 saturated carbocycles. The third kappa shape index (κ3) is 4.47. The zero-order chi connectivity index (χ0) is 13.9. The third-order valence-corrected chi connectivity index (χ3v) is 3.97. The molecule has 1 rings (SSSR count). The van der Waals surface area contributed by atoms with Gasteiger partial charge >= 0.3 is 0 Å². The molecule has 0 bridgehead atoms. The number of anilines is 2. The van der Waals surface area contributed by atoms with Crippen molar-refractivity contribution in [2.45, 2.75) is 20.8 Å². The molecule has 0 unspecified atom stereocenters. The predicted octanol–water partition coefficient (Wildman–Crippen LogP) is 2.24. The van der Waals surface area contributed by atoms with E-state index in [1.54, 1.807) is 12.1 Å². The molecule has 0 aromatic heterocycles. The molecule has 102 valence electrons. The topological polar surface area (TPSA) is 84.2 Å². The number of hydrogen-bond donors (Lipinski definition) is 3. The average molecular weight is 336 g/mol. The second-order valence-corrected chi connectivity index (χ2v) is 6.89. The lowest BCUT2D eigenvalue weighted by molar-refractivity contribution is 0.565. The quantitative estimate of drug-likeness (QED) is 0.721. The van der Waals surface area contributed by atoms with Crippen LogP contribution >= 0.6 is 15.9 Å². The van der Waals surface area contributed by atoms with Crippen molar-refractivity contribution in [2.75, 3.05) is 17.0 Å². The van der Waals surface area contributed by atoms with Crippen molar-refractivity contribution in [3.05, 3.63) is 22.2 Å². The van der Waals surface area contributed by atoms with Crippen molar-refractivity contribution in [3.8, 4) is 0 Å². The Labute approximate surface area is 116 Å². The van der Waals surface area contributed by atoms with Crippen LogP contribution in [-0.2, 0) is 10.2 Å². The molecule has 0 fully saturated rings. The summed E-state index contributed by atoms with van der Waals surface area (Å²) >= 11 is 3.30. The van der Waals surface area contributed by atoms with Gasteiger partial charge in [-0.05, 0) is 46.5 Å².